The number of nitrogens with one attached hydrogen (secondary N) is 1. The summed E-state index contributed by atoms with van der Waals surface area (Å²) in [6, 6.07) is 11.5. The number of anilines is 1. The van der Waals surface area contributed by atoms with Crippen LogP contribution in [-0.2, 0) is 36.7 Å². The van der Waals surface area contributed by atoms with Crippen LogP contribution in [0.25, 0.3) is 0 Å². The maximum absolute atomic E-state index is 12.7. The van der Waals surface area contributed by atoms with Crippen molar-refractivity contribution < 1.29 is 40.7 Å². The van der Waals surface area contributed by atoms with Crippen molar-refractivity contribution in [1.29, 1.82) is 5.26 Å². The standard InChI is InChI=1S/C25H27F3N4O6S/c1-2-38-24(34)20-12-19(13-29)22(30-21(20)14-37-16-25(26,27)28)32-10-8-18(9-11-32)23(33)31-39(35,36)15-17-6-4-3-5-7-17/h3-7,12,18H,2,8-11,14-16H2,1H3,(H,31,33). The predicted octanol–water partition coefficient (Wildman–Crippen LogP) is 3.07. The molecule has 210 valence electrons. The van der Waals surface area contributed by atoms with Gasteiger partial charge in [-0.3, -0.25) is 9.52 Å². The van der Waals surface area contributed by atoms with Crippen LogP contribution in [0.5, 0.6) is 0 Å². The van der Waals surface area contributed by atoms with Gasteiger partial charge in [0.25, 0.3) is 0 Å². The summed E-state index contributed by atoms with van der Waals surface area (Å²) in [4.78, 5) is 31.0. The first kappa shape index (κ1) is 29.9. The molecule has 1 saturated heterocycles. The van der Waals surface area contributed by atoms with Crippen LogP contribution in [0.15, 0.2) is 36.4 Å². The topological polar surface area (TPSA) is 139 Å². The molecule has 1 aromatic heterocycles. The minimum absolute atomic E-state index is 0.00195. The van der Waals surface area contributed by atoms with Gasteiger partial charge in [-0.05, 0) is 31.4 Å². The highest BCUT2D eigenvalue weighted by atomic mass is 32.2. The zero-order valence-electron chi connectivity index (χ0n) is 21.0. The van der Waals surface area contributed by atoms with Crippen molar-refractivity contribution in [1.82, 2.24) is 9.71 Å². The second-order valence-electron chi connectivity index (χ2n) is 8.77. The van der Waals surface area contributed by atoms with Crippen LogP contribution in [0, 0.1) is 17.2 Å². The third-order valence-corrected chi connectivity index (χ3v) is 7.05. The summed E-state index contributed by atoms with van der Waals surface area (Å²) in [5, 5.41) is 9.67. The summed E-state index contributed by atoms with van der Waals surface area (Å²) in [5.74, 6) is -2.35. The molecule has 0 saturated carbocycles. The van der Waals surface area contributed by atoms with Crippen molar-refractivity contribution in [2.75, 3.05) is 31.2 Å². The fourth-order valence-electron chi connectivity index (χ4n) is 4.04. The molecule has 1 aliphatic rings. The maximum atomic E-state index is 12.7. The third kappa shape index (κ3) is 8.66. The van der Waals surface area contributed by atoms with Crippen LogP contribution < -0.4 is 9.62 Å². The van der Waals surface area contributed by atoms with Crippen LogP contribution in [0.1, 0.15) is 46.9 Å². The number of nitriles is 1. The van der Waals surface area contributed by atoms with Crippen molar-refractivity contribution >= 4 is 27.7 Å². The summed E-state index contributed by atoms with van der Waals surface area (Å²) >= 11 is 0. The molecule has 0 spiro atoms. The Morgan fingerprint density at radius 3 is 2.46 bits per heavy atom. The second kappa shape index (κ2) is 12.9. The largest absolute Gasteiger partial charge is 0.462 e. The van der Waals surface area contributed by atoms with E-state index < -0.39 is 47.2 Å². The highest BCUT2D eigenvalue weighted by molar-refractivity contribution is 7.89. The fraction of sp³-hybridized carbons (Fsp3) is 0.440. The smallest absolute Gasteiger partial charge is 0.411 e. The van der Waals surface area contributed by atoms with Crippen molar-refractivity contribution in [3.8, 4) is 6.07 Å². The number of carbonyl (C=O) groups is 2. The van der Waals surface area contributed by atoms with Crippen molar-refractivity contribution in [3.05, 3.63) is 58.8 Å². The molecule has 1 fully saturated rings. The number of ether oxygens (including phenoxy) is 2. The number of benzene rings is 1. The molecule has 1 aromatic carbocycles. The van der Waals surface area contributed by atoms with Crippen LogP contribution in [0.3, 0.4) is 0 Å². The monoisotopic (exact) mass is 568 g/mol. The van der Waals surface area contributed by atoms with Gasteiger partial charge in [-0.2, -0.15) is 18.4 Å². The van der Waals surface area contributed by atoms with E-state index in [9.17, 15) is 36.4 Å². The minimum atomic E-state index is -4.59. The predicted molar refractivity (Wildman–Crippen MR) is 133 cm³/mol. The molecular formula is C25H27F3N4O6S. The molecule has 2 heterocycles. The van der Waals surface area contributed by atoms with E-state index in [1.54, 1.807) is 42.2 Å². The van der Waals surface area contributed by atoms with Crippen molar-refractivity contribution in [2.45, 2.75) is 38.3 Å². The molecule has 3 rings (SSSR count). The number of piperidine rings is 1. The van der Waals surface area contributed by atoms with E-state index >= 15 is 0 Å². The Morgan fingerprint density at radius 2 is 1.87 bits per heavy atom. The number of aromatic nitrogens is 1. The molecule has 1 aliphatic heterocycles. The van der Waals surface area contributed by atoms with E-state index in [4.69, 9.17) is 9.47 Å². The Labute approximate surface area is 223 Å². The van der Waals surface area contributed by atoms with Gasteiger partial charge in [-0.1, -0.05) is 30.3 Å². The summed E-state index contributed by atoms with van der Waals surface area (Å²) in [6.45, 7) is -0.232. The number of rotatable bonds is 10. The summed E-state index contributed by atoms with van der Waals surface area (Å²) in [6.07, 6.45) is -4.12. The molecule has 1 amide bonds. The van der Waals surface area contributed by atoms with E-state index in [1.807, 2.05) is 6.07 Å². The quantitative estimate of drug-likeness (QED) is 0.429. The summed E-state index contributed by atoms with van der Waals surface area (Å²) in [5.41, 5.74) is 0.214. The SMILES string of the molecule is CCOC(=O)c1cc(C#N)c(N2CCC(C(=O)NS(=O)(=O)Cc3ccccc3)CC2)nc1COCC(F)(F)F. The maximum Gasteiger partial charge on any atom is 0.411 e. The Kier molecular flexibility index (Phi) is 9.87. The molecule has 10 nitrogen and oxygen atoms in total. The van der Waals surface area contributed by atoms with Gasteiger partial charge in [-0.15, -0.1) is 0 Å². The lowest BCUT2D eigenvalue weighted by molar-refractivity contribution is -0.176. The molecule has 0 bridgehead atoms. The lowest BCUT2D eigenvalue weighted by Crippen LogP contribution is -2.43. The number of amides is 1. The lowest BCUT2D eigenvalue weighted by atomic mass is 9.96. The van der Waals surface area contributed by atoms with Gasteiger partial charge >= 0.3 is 12.1 Å². The molecule has 14 heteroatoms. The number of sulfonamides is 1. The highest BCUT2D eigenvalue weighted by Crippen LogP contribution is 2.28. The van der Waals surface area contributed by atoms with Crippen LogP contribution in [0.2, 0.25) is 0 Å². The first-order chi connectivity index (χ1) is 18.4. The zero-order valence-corrected chi connectivity index (χ0v) is 21.8. The van der Waals surface area contributed by atoms with E-state index in [0.717, 1.165) is 0 Å². The van der Waals surface area contributed by atoms with Crippen LogP contribution in [-0.4, -0.2) is 57.8 Å². The normalized spacial score (nSPS) is 14.5. The van der Waals surface area contributed by atoms with Gasteiger partial charge in [0.05, 0.1) is 35.8 Å². The highest BCUT2D eigenvalue weighted by Gasteiger charge is 2.31. The second-order valence-corrected chi connectivity index (χ2v) is 10.5. The molecule has 0 unspecified atom stereocenters. The molecule has 0 atom stereocenters. The molecule has 1 N–H and O–H groups in total. The van der Waals surface area contributed by atoms with Gasteiger partial charge in [0.15, 0.2) is 0 Å². The van der Waals surface area contributed by atoms with Crippen molar-refractivity contribution in [2.24, 2.45) is 5.92 Å². The Bertz CT molecular complexity index is 1320. The molecule has 0 aliphatic carbocycles. The lowest BCUT2D eigenvalue weighted by Gasteiger charge is -2.33. The van der Waals surface area contributed by atoms with E-state index in [0.29, 0.717) is 5.56 Å². The number of esters is 1. The summed E-state index contributed by atoms with van der Waals surface area (Å²) in [7, 11) is -3.91. The zero-order chi connectivity index (χ0) is 28.6. The minimum Gasteiger partial charge on any atom is -0.462 e. The number of nitrogens with zero attached hydrogens (tertiary/aromatic N) is 3. The number of halogens is 3. The van der Waals surface area contributed by atoms with Gasteiger partial charge in [0.1, 0.15) is 18.5 Å². The molecule has 39 heavy (non-hydrogen) atoms. The van der Waals surface area contributed by atoms with Crippen molar-refractivity contribution in [3.63, 3.8) is 0 Å². The Hall–Kier alpha value is -3.70. The Morgan fingerprint density at radius 1 is 1.21 bits per heavy atom. The van der Waals surface area contributed by atoms with E-state index in [2.05, 4.69) is 9.71 Å². The van der Waals surface area contributed by atoms with Crippen LogP contribution in [0.4, 0.5) is 19.0 Å². The third-order valence-electron chi connectivity index (χ3n) is 5.82. The first-order valence-electron chi connectivity index (χ1n) is 12.0. The average molecular weight is 569 g/mol. The fourth-order valence-corrected chi connectivity index (χ4v) is 5.22. The number of pyridine rings is 1. The summed E-state index contributed by atoms with van der Waals surface area (Å²) < 4.78 is 74.4. The van der Waals surface area contributed by atoms with Crippen LogP contribution >= 0.6 is 0 Å². The average Bonchev–Trinajstić information content (AvgIpc) is 2.88. The molecular weight excluding hydrogens is 541 g/mol. The van der Waals surface area contributed by atoms with Gasteiger partial charge in [-0.25, -0.2) is 18.2 Å². The first-order valence-corrected chi connectivity index (χ1v) is 13.7. The van der Waals surface area contributed by atoms with E-state index in [-0.39, 0.29) is 60.9 Å². The Balaban J connectivity index is 1.72. The molecule has 2 aromatic rings. The molecule has 0 radical (unpaired) electrons. The van der Waals surface area contributed by atoms with E-state index in [1.165, 1.54) is 6.07 Å². The number of hydrogen-bond donors (Lipinski definition) is 1. The number of alkyl halides is 3. The van der Waals surface area contributed by atoms with Gasteiger partial charge < -0.3 is 14.4 Å². The number of hydrogen-bond acceptors (Lipinski definition) is 9. The number of carbonyl (C=O) groups excluding carboxylic acids is 2. The van der Waals surface area contributed by atoms with Gasteiger partial charge in [0.2, 0.25) is 15.9 Å². The van der Waals surface area contributed by atoms with Gasteiger partial charge in [0, 0.05) is 19.0 Å².